The van der Waals surface area contributed by atoms with Crippen molar-refractivity contribution in [3.05, 3.63) is 29.3 Å². The third-order valence-electron chi connectivity index (χ3n) is 4.21. The van der Waals surface area contributed by atoms with Crippen LogP contribution in [0.2, 0.25) is 0 Å². The average molecular weight is 260 g/mol. The number of carbonyl (C=O) groups is 1. The van der Waals surface area contributed by atoms with E-state index in [1.807, 2.05) is 17.0 Å². The van der Waals surface area contributed by atoms with Gasteiger partial charge >= 0.3 is 0 Å². The van der Waals surface area contributed by atoms with E-state index in [0.29, 0.717) is 13.0 Å². The quantitative estimate of drug-likeness (QED) is 0.792. The molecule has 1 aromatic rings. The van der Waals surface area contributed by atoms with E-state index in [1.54, 1.807) is 0 Å². The Labute approximate surface area is 113 Å². The van der Waals surface area contributed by atoms with E-state index in [0.717, 1.165) is 25.1 Å². The lowest BCUT2D eigenvalue weighted by atomic mass is 9.96. The highest BCUT2D eigenvalue weighted by molar-refractivity contribution is 5.99. The normalized spacial score (nSPS) is 26.3. The molecule has 1 fully saturated rings. The van der Waals surface area contributed by atoms with E-state index in [4.69, 9.17) is 0 Å². The number of aryl methyl sites for hydroxylation is 1. The Morgan fingerprint density at radius 1 is 1.47 bits per heavy atom. The summed E-state index contributed by atoms with van der Waals surface area (Å²) in [6.45, 7) is 3.56. The Kier molecular flexibility index (Phi) is 3.29. The molecule has 19 heavy (non-hydrogen) atoms. The minimum atomic E-state index is -0.553. The Hall–Kier alpha value is -1.39. The van der Waals surface area contributed by atoms with Crippen LogP contribution in [0.4, 0.5) is 5.69 Å². The Bertz CT molecular complexity index is 501. The number of nitrogens with one attached hydrogen (secondary N) is 1. The van der Waals surface area contributed by atoms with Crippen LogP contribution in [0.1, 0.15) is 24.0 Å². The van der Waals surface area contributed by atoms with Crippen molar-refractivity contribution < 1.29 is 9.90 Å². The van der Waals surface area contributed by atoms with Gasteiger partial charge in [-0.1, -0.05) is 12.1 Å². The highest BCUT2D eigenvalue weighted by atomic mass is 16.3. The van der Waals surface area contributed by atoms with Crippen molar-refractivity contribution in [1.29, 1.82) is 0 Å². The topological polar surface area (TPSA) is 52.6 Å². The van der Waals surface area contributed by atoms with Gasteiger partial charge < -0.3 is 15.3 Å². The maximum atomic E-state index is 12.6. The first-order valence-electron chi connectivity index (χ1n) is 7.00. The van der Waals surface area contributed by atoms with Crippen molar-refractivity contribution in [2.24, 2.45) is 0 Å². The summed E-state index contributed by atoms with van der Waals surface area (Å²) in [6.07, 6.45) is 2.13. The van der Waals surface area contributed by atoms with Crippen molar-refractivity contribution in [2.75, 3.05) is 18.0 Å². The molecule has 0 bridgehead atoms. The van der Waals surface area contributed by atoms with Crippen LogP contribution < -0.4 is 10.2 Å². The second-order valence-corrected chi connectivity index (χ2v) is 5.45. The number of benzene rings is 1. The molecule has 1 amide bonds. The third kappa shape index (κ3) is 2.15. The number of amides is 1. The fourth-order valence-corrected chi connectivity index (χ4v) is 3.14. The van der Waals surface area contributed by atoms with E-state index in [1.165, 1.54) is 11.1 Å². The van der Waals surface area contributed by atoms with Gasteiger partial charge in [-0.15, -0.1) is 0 Å². The second-order valence-electron chi connectivity index (χ2n) is 5.45. The van der Waals surface area contributed by atoms with Crippen molar-refractivity contribution in [1.82, 2.24) is 5.32 Å². The van der Waals surface area contributed by atoms with Crippen LogP contribution in [0.15, 0.2) is 18.2 Å². The van der Waals surface area contributed by atoms with Crippen LogP contribution in [0, 0.1) is 6.92 Å². The zero-order chi connectivity index (χ0) is 13.4. The van der Waals surface area contributed by atoms with E-state index >= 15 is 0 Å². The van der Waals surface area contributed by atoms with Gasteiger partial charge in [0.15, 0.2) is 0 Å². The van der Waals surface area contributed by atoms with Gasteiger partial charge in [-0.2, -0.15) is 0 Å². The molecule has 0 spiro atoms. The molecule has 0 unspecified atom stereocenters. The number of fused-ring (bicyclic) bond motifs is 1. The van der Waals surface area contributed by atoms with E-state index in [2.05, 4.69) is 18.3 Å². The molecule has 0 radical (unpaired) electrons. The van der Waals surface area contributed by atoms with Crippen molar-refractivity contribution in [3.63, 3.8) is 0 Å². The molecule has 1 saturated heterocycles. The molecule has 0 saturated carbocycles. The van der Waals surface area contributed by atoms with Gasteiger partial charge in [0.05, 0.1) is 6.10 Å². The first-order valence-corrected chi connectivity index (χ1v) is 7.00. The number of carbonyl (C=O) groups excluding carboxylic acids is 1. The summed E-state index contributed by atoms with van der Waals surface area (Å²) in [7, 11) is 0. The molecule has 0 aliphatic carbocycles. The number of anilines is 1. The summed E-state index contributed by atoms with van der Waals surface area (Å²) >= 11 is 0. The lowest BCUT2D eigenvalue weighted by Crippen LogP contribution is -2.49. The summed E-state index contributed by atoms with van der Waals surface area (Å²) in [5, 5.41) is 13.0. The Balaban J connectivity index is 1.91. The SMILES string of the molecule is Cc1cccc2c1CCCN2C(=O)[C@H]1NCC[C@H]1O. The number of hydrogen-bond acceptors (Lipinski definition) is 3. The highest BCUT2D eigenvalue weighted by Gasteiger charge is 2.36. The van der Waals surface area contributed by atoms with Crippen LogP contribution in [-0.4, -0.2) is 36.2 Å². The summed E-state index contributed by atoms with van der Waals surface area (Å²) in [4.78, 5) is 14.4. The lowest BCUT2D eigenvalue weighted by Gasteiger charge is -2.33. The predicted molar refractivity (Wildman–Crippen MR) is 74.3 cm³/mol. The third-order valence-corrected chi connectivity index (χ3v) is 4.21. The fraction of sp³-hybridized carbons (Fsp3) is 0.533. The van der Waals surface area contributed by atoms with Crippen LogP contribution in [0.3, 0.4) is 0 Å². The number of aliphatic hydroxyl groups excluding tert-OH is 1. The molecule has 102 valence electrons. The minimum absolute atomic E-state index is 0.0107. The van der Waals surface area contributed by atoms with E-state index in [-0.39, 0.29) is 5.91 Å². The molecular weight excluding hydrogens is 240 g/mol. The summed E-state index contributed by atoms with van der Waals surface area (Å²) in [5.41, 5.74) is 3.54. The maximum absolute atomic E-state index is 12.6. The van der Waals surface area contributed by atoms with Crippen molar-refractivity contribution >= 4 is 11.6 Å². The molecule has 2 N–H and O–H groups in total. The molecule has 1 aromatic carbocycles. The van der Waals surface area contributed by atoms with E-state index in [9.17, 15) is 9.90 Å². The zero-order valence-corrected chi connectivity index (χ0v) is 11.2. The molecule has 2 aliphatic heterocycles. The number of nitrogens with zero attached hydrogens (tertiary/aromatic N) is 1. The summed E-state index contributed by atoms with van der Waals surface area (Å²) in [6, 6.07) is 5.67. The van der Waals surface area contributed by atoms with Gasteiger partial charge in [-0.3, -0.25) is 4.79 Å². The van der Waals surface area contributed by atoms with E-state index < -0.39 is 12.1 Å². The average Bonchev–Trinajstić information content (AvgIpc) is 2.84. The van der Waals surface area contributed by atoms with Gasteiger partial charge in [0.1, 0.15) is 6.04 Å². The zero-order valence-electron chi connectivity index (χ0n) is 11.2. The Morgan fingerprint density at radius 3 is 3.05 bits per heavy atom. The van der Waals surface area contributed by atoms with Crippen molar-refractivity contribution in [3.8, 4) is 0 Å². The molecule has 4 nitrogen and oxygen atoms in total. The molecule has 2 aliphatic rings. The van der Waals surface area contributed by atoms with Crippen LogP contribution in [0.5, 0.6) is 0 Å². The fourth-order valence-electron chi connectivity index (χ4n) is 3.14. The van der Waals surface area contributed by atoms with Crippen LogP contribution in [-0.2, 0) is 11.2 Å². The molecule has 2 heterocycles. The Morgan fingerprint density at radius 2 is 2.32 bits per heavy atom. The van der Waals surface area contributed by atoms with Crippen molar-refractivity contribution in [2.45, 2.75) is 38.3 Å². The molecule has 4 heteroatoms. The highest BCUT2D eigenvalue weighted by Crippen LogP contribution is 2.30. The van der Waals surface area contributed by atoms with Gasteiger partial charge in [-0.25, -0.2) is 0 Å². The molecule has 0 aromatic heterocycles. The molecular formula is C15H20N2O2. The van der Waals surface area contributed by atoms with Gasteiger partial charge in [0, 0.05) is 12.2 Å². The largest absolute Gasteiger partial charge is 0.391 e. The van der Waals surface area contributed by atoms with Gasteiger partial charge in [0.2, 0.25) is 5.91 Å². The lowest BCUT2D eigenvalue weighted by molar-refractivity contribution is -0.122. The summed E-state index contributed by atoms with van der Waals surface area (Å²) < 4.78 is 0. The van der Waals surface area contributed by atoms with Gasteiger partial charge in [-0.05, 0) is 49.9 Å². The molecule has 2 atom stereocenters. The minimum Gasteiger partial charge on any atom is -0.391 e. The first kappa shape index (κ1) is 12.6. The predicted octanol–water partition coefficient (Wildman–Crippen LogP) is 0.997. The summed E-state index contributed by atoms with van der Waals surface area (Å²) in [5.74, 6) is 0.0107. The number of rotatable bonds is 1. The molecule has 3 rings (SSSR count). The number of hydrogen-bond donors (Lipinski definition) is 2. The first-order chi connectivity index (χ1) is 9.18. The standard InChI is InChI=1S/C15H20N2O2/c1-10-4-2-6-12-11(10)5-3-9-17(12)15(19)14-13(18)7-8-16-14/h2,4,6,13-14,16,18H,3,5,7-9H2,1H3/t13-,14+/m1/s1. The van der Waals surface area contributed by atoms with Crippen LogP contribution >= 0.6 is 0 Å². The second kappa shape index (κ2) is 4.94. The smallest absolute Gasteiger partial charge is 0.246 e. The number of aliphatic hydroxyl groups is 1. The maximum Gasteiger partial charge on any atom is 0.246 e. The monoisotopic (exact) mass is 260 g/mol. The van der Waals surface area contributed by atoms with Crippen LogP contribution in [0.25, 0.3) is 0 Å². The van der Waals surface area contributed by atoms with Gasteiger partial charge in [0.25, 0.3) is 0 Å².